The highest BCUT2D eigenvalue weighted by molar-refractivity contribution is 5.50. The summed E-state index contributed by atoms with van der Waals surface area (Å²) in [5.74, 6) is 1.08. The topological polar surface area (TPSA) is 42.2 Å². The molecule has 1 heterocycles. The van der Waals surface area contributed by atoms with Gasteiger partial charge < -0.3 is 10.6 Å². The van der Waals surface area contributed by atoms with E-state index in [4.69, 9.17) is 5.73 Å². The van der Waals surface area contributed by atoms with Crippen LogP contribution in [0.3, 0.4) is 0 Å². The number of anilines is 1. The van der Waals surface area contributed by atoms with Crippen molar-refractivity contribution in [2.24, 2.45) is 5.73 Å². The molecule has 94 valence electrons. The molecule has 3 nitrogen and oxygen atoms in total. The largest absolute Gasteiger partial charge is 0.363 e. The van der Waals surface area contributed by atoms with Gasteiger partial charge in [0.25, 0.3) is 0 Å². The smallest absolute Gasteiger partial charge is 0.131 e. The highest BCUT2D eigenvalue weighted by Crippen LogP contribution is 2.41. The molecule has 2 N–H and O–H groups in total. The molecule has 0 atom stereocenters. The molecule has 3 heteroatoms. The number of aromatic nitrogens is 1. The zero-order valence-corrected chi connectivity index (χ0v) is 10.9. The molecule has 1 aromatic heterocycles. The van der Waals surface area contributed by atoms with Gasteiger partial charge in [0, 0.05) is 37.8 Å². The quantitative estimate of drug-likeness (QED) is 0.871. The summed E-state index contributed by atoms with van der Waals surface area (Å²) >= 11 is 0. The van der Waals surface area contributed by atoms with Gasteiger partial charge in [0.1, 0.15) is 5.82 Å². The molecule has 0 radical (unpaired) electrons. The van der Waals surface area contributed by atoms with E-state index in [9.17, 15) is 0 Å². The molecular formula is C14H23N3. The van der Waals surface area contributed by atoms with E-state index in [1.54, 1.807) is 0 Å². The van der Waals surface area contributed by atoms with Crippen LogP contribution in [-0.2, 0) is 5.41 Å². The molecule has 0 saturated heterocycles. The second kappa shape index (κ2) is 5.05. The number of hydrogen-bond donors (Lipinski definition) is 1. The monoisotopic (exact) mass is 233 g/mol. The molecule has 0 unspecified atom stereocenters. The average Bonchev–Trinajstić information content (AvgIpc) is 2.39. The van der Waals surface area contributed by atoms with Crippen LogP contribution < -0.4 is 10.6 Å². The first-order chi connectivity index (χ1) is 8.19. The lowest BCUT2D eigenvalue weighted by Crippen LogP contribution is -2.38. The summed E-state index contributed by atoms with van der Waals surface area (Å²) in [5.41, 5.74) is 7.59. The van der Waals surface area contributed by atoms with Crippen molar-refractivity contribution in [3.63, 3.8) is 0 Å². The van der Waals surface area contributed by atoms with Crippen LogP contribution in [0.25, 0.3) is 0 Å². The van der Waals surface area contributed by atoms with Crippen LogP contribution in [0.15, 0.2) is 18.3 Å². The minimum atomic E-state index is 0.159. The Morgan fingerprint density at radius 1 is 1.29 bits per heavy atom. The molecule has 1 aliphatic rings. The summed E-state index contributed by atoms with van der Waals surface area (Å²) in [5, 5.41) is 0. The Bertz CT molecular complexity index is 367. The van der Waals surface area contributed by atoms with Crippen LogP contribution in [-0.4, -0.2) is 25.6 Å². The lowest BCUT2D eigenvalue weighted by atomic mass is 9.69. The highest BCUT2D eigenvalue weighted by atomic mass is 15.1. The Morgan fingerprint density at radius 3 is 2.59 bits per heavy atom. The summed E-state index contributed by atoms with van der Waals surface area (Å²) in [6.45, 7) is 0.736. The molecule has 0 aromatic carbocycles. The first kappa shape index (κ1) is 12.4. The van der Waals surface area contributed by atoms with Gasteiger partial charge in [0.2, 0.25) is 0 Å². The Labute approximate surface area is 104 Å². The summed E-state index contributed by atoms with van der Waals surface area (Å²) in [6.07, 6.45) is 8.20. The number of nitrogens with zero attached hydrogens (tertiary/aromatic N) is 2. The Kier molecular flexibility index (Phi) is 3.67. The van der Waals surface area contributed by atoms with Crippen LogP contribution in [0.4, 0.5) is 5.82 Å². The minimum absolute atomic E-state index is 0.159. The molecule has 0 spiro atoms. The SMILES string of the molecule is CN(C)c1ncccc1C1(CN)CCCCC1. The van der Waals surface area contributed by atoms with Gasteiger partial charge in [-0.05, 0) is 18.9 Å². The highest BCUT2D eigenvalue weighted by Gasteiger charge is 2.35. The molecule has 17 heavy (non-hydrogen) atoms. The van der Waals surface area contributed by atoms with E-state index >= 15 is 0 Å². The lowest BCUT2D eigenvalue weighted by Gasteiger charge is -2.38. The van der Waals surface area contributed by atoms with E-state index in [0.717, 1.165) is 12.4 Å². The van der Waals surface area contributed by atoms with Crippen molar-refractivity contribution in [1.82, 2.24) is 4.98 Å². The van der Waals surface area contributed by atoms with Crippen LogP contribution >= 0.6 is 0 Å². The molecule has 0 aliphatic heterocycles. The van der Waals surface area contributed by atoms with Crippen LogP contribution in [0.1, 0.15) is 37.7 Å². The molecule has 1 saturated carbocycles. The first-order valence-electron chi connectivity index (χ1n) is 6.52. The first-order valence-corrected chi connectivity index (χ1v) is 6.52. The van der Waals surface area contributed by atoms with Gasteiger partial charge in [-0.3, -0.25) is 0 Å². The zero-order chi connectivity index (χ0) is 12.3. The summed E-state index contributed by atoms with van der Waals surface area (Å²) in [6, 6.07) is 4.24. The standard InChI is InChI=1S/C14H23N3/c1-17(2)13-12(7-6-10-16-13)14(11-15)8-4-3-5-9-14/h6-7,10H,3-5,8-9,11,15H2,1-2H3. The Balaban J connectivity index is 2.42. The third kappa shape index (κ3) is 2.29. The average molecular weight is 233 g/mol. The van der Waals surface area contributed by atoms with Gasteiger partial charge in [0.05, 0.1) is 0 Å². The van der Waals surface area contributed by atoms with E-state index < -0.39 is 0 Å². The molecule has 1 fully saturated rings. The summed E-state index contributed by atoms with van der Waals surface area (Å²) in [4.78, 5) is 6.62. The third-order valence-electron chi connectivity index (χ3n) is 3.98. The number of hydrogen-bond acceptors (Lipinski definition) is 3. The van der Waals surface area contributed by atoms with Crippen molar-refractivity contribution in [3.05, 3.63) is 23.9 Å². The molecule has 0 amide bonds. The van der Waals surface area contributed by atoms with Crippen molar-refractivity contribution < 1.29 is 0 Å². The van der Waals surface area contributed by atoms with E-state index in [0.29, 0.717) is 0 Å². The third-order valence-corrected chi connectivity index (χ3v) is 3.98. The maximum atomic E-state index is 6.09. The van der Waals surface area contributed by atoms with Gasteiger partial charge in [-0.15, -0.1) is 0 Å². The Morgan fingerprint density at radius 2 is 2.00 bits per heavy atom. The van der Waals surface area contributed by atoms with Crippen molar-refractivity contribution in [1.29, 1.82) is 0 Å². The van der Waals surface area contributed by atoms with Gasteiger partial charge in [-0.2, -0.15) is 0 Å². The van der Waals surface area contributed by atoms with Crippen LogP contribution in [0, 0.1) is 0 Å². The van der Waals surface area contributed by atoms with Gasteiger partial charge in [-0.25, -0.2) is 4.98 Å². The van der Waals surface area contributed by atoms with Crippen LogP contribution in [0.2, 0.25) is 0 Å². The van der Waals surface area contributed by atoms with Gasteiger partial charge in [-0.1, -0.05) is 25.3 Å². The van der Waals surface area contributed by atoms with Crippen molar-refractivity contribution >= 4 is 5.82 Å². The Hall–Kier alpha value is -1.09. The van der Waals surface area contributed by atoms with Crippen molar-refractivity contribution in [2.45, 2.75) is 37.5 Å². The molecule has 0 bridgehead atoms. The second-order valence-electron chi connectivity index (χ2n) is 5.31. The fourth-order valence-corrected chi connectivity index (χ4v) is 2.98. The number of nitrogens with two attached hydrogens (primary N) is 1. The predicted octanol–water partition coefficient (Wildman–Crippen LogP) is 2.31. The predicted molar refractivity (Wildman–Crippen MR) is 72.4 cm³/mol. The number of rotatable bonds is 3. The summed E-state index contributed by atoms with van der Waals surface area (Å²) < 4.78 is 0. The van der Waals surface area contributed by atoms with Gasteiger partial charge in [0.15, 0.2) is 0 Å². The van der Waals surface area contributed by atoms with E-state index in [2.05, 4.69) is 30.0 Å². The molecule has 1 aromatic rings. The fourth-order valence-electron chi connectivity index (χ4n) is 2.98. The van der Waals surface area contributed by atoms with Crippen LogP contribution in [0.5, 0.6) is 0 Å². The second-order valence-corrected chi connectivity index (χ2v) is 5.31. The van der Waals surface area contributed by atoms with Crippen molar-refractivity contribution in [2.75, 3.05) is 25.5 Å². The van der Waals surface area contributed by atoms with Crippen molar-refractivity contribution in [3.8, 4) is 0 Å². The lowest BCUT2D eigenvalue weighted by molar-refractivity contribution is 0.300. The van der Waals surface area contributed by atoms with E-state index in [-0.39, 0.29) is 5.41 Å². The van der Waals surface area contributed by atoms with E-state index in [1.165, 1.54) is 37.7 Å². The normalized spacial score (nSPS) is 19.0. The van der Waals surface area contributed by atoms with Gasteiger partial charge >= 0.3 is 0 Å². The molecular weight excluding hydrogens is 210 g/mol. The van der Waals surface area contributed by atoms with E-state index in [1.807, 2.05) is 12.3 Å². The summed E-state index contributed by atoms with van der Waals surface area (Å²) in [7, 11) is 4.11. The number of pyridine rings is 1. The fraction of sp³-hybridized carbons (Fsp3) is 0.643. The molecule has 2 rings (SSSR count). The maximum absolute atomic E-state index is 6.09. The molecule has 1 aliphatic carbocycles. The zero-order valence-electron chi connectivity index (χ0n) is 10.9. The minimum Gasteiger partial charge on any atom is -0.363 e. The maximum Gasteiger partial charge on any atom is 0.131 e.